The van der Waals surface area contributed by atoms with Crippen LogP contribution in [-0.4, -0.2) is 51.9 Å². The lowest BCUT2D eigenvalue weighted by Crippen LogP contribution is -2.48. The third-order valence-corrected chi connectivity index (χ3v) is 4.95. The van der Waals surface area contributed by atoms with Crippen LogP contribution in [0.3, 0.4) is 0 Å². The standard InChI is InChI=1S/C20H18ClN5O/c21-17-3-1-2-4-19(17)25-7-9-26(10-8-25)20(27)15-5-6-18(24-13-15)16-11-22-14-23-12-16/h1-6,11-14H,7-10H2. The van der Waals surface area contributed by atoms with Gasteiger partial charge in [0, 0.05) is 50.3 Å². The lowest BCUT2D eigenvalue weighted by Gasteiger charge is -2.36. The average Bonchev–Trinajstić information content (AvgIpc) is 2.74. The number of rotatable bonds is 3. The summed E-state index contributed by atoms with van der Waals surface area (Å²) in [5, 5.41) is 0.738. The number of halogens is 1. The van der Waals surface area contributed by atoms with Crippen LogP contribution in [0.5, 0.6) is 0 Å². The van der Waals surface area contributed by atoms with Gasteiger partial charge in [0.05, 0.1) is 22.0 Å². The summed E-state index contributed by atoms with van der Waals surface area (Å²) in [6.07, 6.45) is 6.49. The van der Waals surface area contributed by atoms with E-state index in [1.54, 1.807) is 24.7 Å². The summed E-state index contributed by atoms with van der Waals surface area (Å²) in [4.78, 5) is 29.2. The van der Waals surface area contributed by atoms with Crippen LogP contribution in [0.4, 0.5) is 5.69 Å². The first kappa shape index (κ1) is 17.4. The highest BCUT2D eigenvalue weighted by Crippen LogP contribution is 2.26. The summed E-state index contributed by atoms with van der Waals surface area (Å²) in [5.74, 6) is -0.00262. The van der Waals surface area contributed by atoms with Crippen molar-refractivity contribution in [2.45, 2.75) is 0 Å². The van der Waals surface area contributed by atoms with Gasteiger partial charge in [-0.25, -0.2) is 9.97 Å². The molecule has 0 radical (unpaired) electrons. The van der Waals surface area contributed by atoms with Crippen molar-refractivity contribution >= 4 is 23.2 Å². The molecule has 1 aromatic carbocycles. The maximum Gasteiger partial charge on any atom is 0.255 e. The van der Waals surface area contributed by atoms with Crippen LogP contribution in [0, 0.1) is 0 Å². The third-order valence-electron chi connectivity index (χ3n) is 4.63. The molecule has 0 atom stereocenters. The zero-order valence-electron chi connectivity index (χ0n) is 14.6. The number of carbonyl (C=O) groups excluding carboxylic acids is 1. The lowest BCUT2D eigenvalue weighted by atomic mass is 10.1. The molecule has 1 fully saturated rings. The number of carbonyl (C=O) groups is 1. The van der Waals surface area contributed by atoms with E-state index >= 15 is 0 Å². The Morgan fingerprint density at radius 3 is 2.33 bits per heavy atom. The third kappa shape index (κ3) is 3.75. The van der Waals surface area contributed by atoms with E-state index in [0.717, 1.165) is 35.1 Å². The van der Waals surface area contributed by atoms with Crippen molar-refractivity contribution < 1.29 is 4.79 Å². The minimum atomic E-state index is -0.00262. The largest absolute Gasteiger partial charge is 0.367 e. The van der Waals surface area contributed by atoms with Gasteiger partial charge in [-0.2, -0.15) is 0 Å². The molecule has 0 spiro atoms. The summed E-state index contributed by atoms with van der Waals surface area (Å²) in [7, 11) is 0. The van der Waals surface area contributed by atoms with Gasteiger partial charge in [0.1, 0.15) is 6.33 Å². The molecule has 27 heavy (non-hydrogen) atoms. The van der Waals surface area contributed by atoms with Gasteiger partial charge in [-0.1, -0.05) is 23.7 Å². The molecule has 3 heterocycles. The van der Waals surface area contributed by atoms with Crippen molar-refractivity contribution in [3.8, 4) is 11.3 Å². The highest BCUT2D eigenvalue weighted by molar-refractivity contribution is 6.33. The molecule has 1 amide bonds. The number of para-hydroxylation sites is 1. The first-order valence-electron chi connectivity index (χ1n) is 8.72. The Morgan fingerprint density at radius 2 is 1.67 bits per heavy atom. The van der Waals surface area contributed by atoms with Gasteiger partial charge in [0.15, 0.2) is 0 Å². The number of anilines is 1. The molecule has 1 aliphatic rings. The zero-order chi connectivity index (χ0) is 18.6. The Labute approximate surface area is 162 Å². The second-order valence-electron chi connectivity index (χ2n) is 6.29. The number of pyridine rings is 1. The monoisotopic (exact) mass is 379 g/mol. The summed E-state index contributed by atoms with van der Waals surface area (Å²) in [6, 6.07) is 11.4. The Kier molecular flexibility index (Phi) is 4.98. The summed E-state index contributed by atoms with van der Waals surface area (Å²) in [5.41, 5.74) is 3.17. The van der Waals surface area contributed by atoms with Crippen LogP contribution in [0.2, 0.25) is 5.02 Å². The molecular formula is C20H18ClN5O. The zero-order valence-corrected chi connectivity index (χ0v) is 15.4. The minimum Gasteiger partial charge on any atom is -0.367 e. The first-order valence-corrected chi connectivity index (χ1v) is 9.10. The fraction of sp³-hybridized carbons (Fsp3) is 0.200. The van der Waals surface area contributed by atoms with Crippen molar-refractivity contribution in [1.82, 2.24) is 19.9 Å². The number of hydrogen-bond donors (Lipinski definition) is 0. The fourth-order valence-corrected chi connectivity index (χ4v) is 3.42. The van der Waals surface area contributed by atoms with Gasteiger partial charge >= 0.3 is 0 Å². The Hall–Kier alpha value is -2.99. The highest BCUT2D eigenvalue weighted by atomic mass is 35.5. The second-order valence-corrected chi connectivity index (χ2v) is 6.70. The van der Waals surface area contributed by atoms with Gasteiger partial charge in [-0.05, 0) is 24.3 Å². The minimum absolute atomic E-state index is 0.00262. The lowest BCUT2D eigenvalue weighted by molar-refractivity contribution is 0.0746. The van der Waals surface area contributed by atoms with Crippen molar-refractivity contribution in [1.29, 1.82) is 0 Å². The van der Waals surface area contributed by atoms with Gasteiger partial charge in [0.2, 0.25) is 0 Å². The predicted molar refractivity (Wildman–Crippen MR) is 105 cm³/mol. The molecule has 4 rings (SSSR count). The topological polar surface area (TPSA) is 62.2 Å². The van der Waals surface area contributed by atoms with E-state index in [2.05, 4.69) is 19.9 Å². The number of hydrogen-bond acceptors (Lipinski definition) is 5. The molecule has 136 valence electrons. The van der Waals surface area contributed by atoms with E-state index in [-0.39, 0.29) is 5.91 Å². The van der Waals surface area contributed by atoms with Crippen molar-refractivity contribution in [3.05, 3.63) is 71.9 Å². The molecule has 0 bridgehead atoms. The maximum atomic E-state index is 12.8. The normalized spacial score (nSPS) is 14.3. The van der Waals surface area contributed by atoms with E-state index in [9.17, 15) is 4.79 Å². The van der Waals surface area contributed by atoms with Crippen LogP contribution in [0.1, 0.15) is 10.4 Å². The van der Waals surface area contributed by atoms with E-state index < -0.39 is 0 Å². The van der Waals surface area contributed by atoms with Crippen molar-refractivity contribution in [2.24, 2.45) is 0 Å². The van der Waals surface area contributed by atoms with Crippen LogP contribution >= 0.6 is 11.6 Å². The van der Waals surface area contributed by atoms with Gasteiger partial charge in [-0.15, -0.1) is 0 Å². The molecule has 2 aromatic heterocycles. The molecule has 0 saturated carbocycles. The smallest absolute Gasteiger partial charge is 0.255 e. The average molecular weight is 380 g/mol. The highest BCUT2D eigenvalue weighted by Gasteiger charge is 2.23. The Morgan fingerprint density at radius 1 is 0.926 bits per heavy atom. The number of piperazine rings is 1. The SMILES string of the molecule is O=C(c1ccc(-c2cncnc2)nc1)N1CCN(c2ccccc2Cl)CC1. The summed E-state index contributed by atoms with van der Waals surface area (Å²) >= 11 is 6.28. The van der Waals surface area contributed by atoms with E-state index in [1.165, 1.54) is 6.33 Å². The molecule has 1 aliphatic heterocycles. The molecule has 7 heteroatoms. The molecule has 0 N–H and O–H groups in total. The van der Waals surface area contributed by atoms with E-state index in [0.29, 0.717) is 18.7 Å². The predicted octanol–water partition coefficient (Wildman–Crippen LogP) is 3.15. The van der Waals surface area contributed by atoms with Crippen LogP contribution in [0.25, 0.3) is 11.3 Å². The van der Waals surface area contributed by atoms with Crippen LogP contribution < -0.4 is 4.90 Å². The number of nitrogens with zero attached hydrogens (tertiary/aromatic N) is 5. The maximum absolute atomic E-state index is 12.8. The number of benzene rings is 1. The van der Waals surface area contributed by atoms with Crippen LogP contribution in [0.15, 0.2) is 61.3 Å². The van der Waals surface area contributed by atoms with Gasteiger partial charge < -0.3 is 9.80 Å². The second kappa shape index (κ2) is 7.72. The van der Waals surface area contributed by atoms with E-state index in [4.69, 9.17) is 11.6 Å². The molecule has 1 saturated heterocycles. The molecule has 0 unspecified atom stereocenters. The first-order chi connectivity index (χ1) is 13.2. The number of amides is 1. The molecular weight excluding hydrogens is 362 g/mol. The van der Waals surface area contributed by atoms with Crippen LogP contribution in [-0.2, 0) is 0 Å². The van der Waals surface area contributed by atoms with Crippen molar-refractivity contribution in [2.75, 3.05) is 31.1 Å². The van der Waals surface area contributed by atoms with E-state index in [1.807, 2.05) is 35.2 Å². The van der Waals surface area contributed by atoms with Crippen molar-refractivity contribution in [3.63, 3.8) is 0 Å². The van der Waals surface area contributed by atoms with Gasteiger partial charge in [0.25, 0.3) is 5.91 Å². The molecule has 0 aliphatic carbocycles. The van der Waals surface area contributed by atoms with Gasteiger partial charge in [-0.3, -0.25) is 9.78 Å². The quantitative estimate of drug-likeness (QED) is 0.699. The fourth-order valence-electron chi connectivity index (χ4n) is 3.16. The summed E-state index contributed by atoms with van der Waals surface area (Å²) < 4.78 is 0. The Balaban J connectivity index is 1.41. The molecule has 6 nitrogen and oxygen atoms in total. The Bertz CT molecular complexity index is 925. The summed E-state index contributed by atoms with van der Waals surface area (Å²) in [6.45, 7) is 2.81. The molecule has 3 aromatic rings. The number of aromatic nitrogens is 3.